The van der Waals surface area contributed by atoms with Crippen LogP contribution in [-0.4, -0.2) is 48.2 Å². The van der Waals surface area contributed by atoms with E-state index in [1.165, 1.54) is 0 Å². The number of hydrogen-bond donors (Lipinski definition) is 1. The Balaban J connectivity index is 1.79. The second-order valence-corrected chi connectivity index (χ2v) is 4.93. The monoisotopic (exact) mass is 293 g/mol. The van der Waals surface area contributed by atoms with E-state index in [2.05, 4.69) is 0 Å². The van der Waals surface area contributed by atoms with Crippen LogP contribution in [0.15, 0.2) is 24.3 Å². The van der Waals surface area contributed by atoms with E-state index in [-0.39, 0.29) is 24.9 Å². The molecule has 0 aromatic heterocycles. The fourth-order valence-corrected chi connectivity index (χ4v) is 2.22. The van der Waals surface area contributed by atoms with Crippen LogP contribution in [-0.2, 0) is 9.59 Å². The molecule has 1 N–H and O–H groups in total. The summed E-state index contributed by atoms with van der Waals surface area (Å²) in [6.07, 6.45) is 0.109. The maximum atomic E-state index is 11.9. The molecule has 0 aliphatic carbocycles. The number of carbonyl (C=O) groups excluding carboxylic acids is 1. The van der Waals surface area contributed by atoms with Crippen LogP contribution >= 0.6 is 0 Å². The summed E-state index contributed by atoms with van der Waals surface area (Å²) in [6, 6.07) is 7.19. The Morgan fingerprint density at radius 2 is 1.86 bits per heavy atom. The molecular weight excluding hydrogens is 274 g/mol. The zero-order valence-corrected chi connectivity index (χ0v) is 11.9. The number of carboxylic acids is 1. The molecule has 0 radical (unpaired) electrons. The molecule has 114 valence electrons. The molecule has 6 heteroatoms. The van der Waals surface area contributed by atoms with E-state index >= 15 is 0 Å². The van der Waals surface area contributed by atoms with Gasteiger partial charge >= 0.3 is 5.97 Å². The highest BCUT2D eigenvalue weighted by Crippen LogP contribution is 2.26. The minimum atomic E-state index is -0.825. The summed E-state index contributed by atoms with van der Waals surface area (Å²) >= 11 is 0. The van der Waals surface area contributed by atoms with Gasteiger partial charge in [-0.1, -0.05) is 12.1 Å². The van der Waals surface area contributed by atoms with Crippen molar-refractivity contribution in [1.82, 2.24) is 4.90 Å². The number of amides is 1. The van der Waals surface area contributed by atoms with E-state index in [9.17, 15) is 9.59 Å². The largest absolute Gasteiger partial charge is 0.490 e. The highest BCUT2D eigenvalue weighted by molar-refractivity contribution is 5.79. The Morgan fingerprint density at radius 3 is 2.43 bits per heavy atom. The van der Waals surface area contributed by atoms with Gasteiger partial charge in [-0.05, 0) is 19.1 Å². The summed E-state index contributed by atoms with van der Waals surface area (Å²) in [4.78, 5) is 24.1. The fourth-order valence-electron chi connectivity index (χ4n) is 2.22. The topological polar surface area (TPSA) is 76.1 Å². The first-order valence-electron chi connectivity index (χ1n) is 6.94. The maximum absolute atomic E-state index is 11.9. The van der Waals surface area contributed by atoms with Crippen molar-refractivity contribution in [2.75, 3.05) is 26.3 Å². The van der Waals surface area contributed by atoms with Gasteiger partial charge in [0.15, 0.2) is 18.1 Å². The molecule has 1 heterocycles. The predicted octanol–water partition coefficient (Wildman–Crippen LogP) is 1.40. The van der Waals surface area contributed by atoms with E-state index in [1.54, 1.807) is 17.0 Å². The lowest BCUT2D eigenvalue weighted by Crippen LogP contribution is -2.52. The SMILES string of the molecule is CCOc1ccccc1OCC(=O)N1CC(CC(=O)O)C1. The Kier molecular flexibility index (Phi) is 5.03. The van der Waals surface area contributed by atoms with Crippen LogP contribution in [0.2, 0.25) is 0 Å². The van der Waals surface area contributed by atoms with Crippen LogP contribution in [0.25, 0.3) is 0 Å². The first kappa shape index (κ1) is 15.2. The van der Waals surface area contributed by atoms with Gasteiger partial charge in [-0.15, -0.1) is 0 Å². The van der Waals surface area contributed by atoms with Crippen LogP contribution in [0.4, 0.5) is 0 Å². The third-order valence-corrected chi connectivity index (χ3v) is 3.27. The molecule has 6 nitrogen and oxygen atoms in total. The highest BCUT2D eigenvalue weighted by atomic mass is 16.5. The van der Waals surface area contributed by atoms with Crippen LogP contribution in [0, 0.1) is 5.92 Å². The van der Waals surface area contributed by atoms with Gasteiger partial charge in [0.1, 0.15) is 0 Å². The number of nitrogens with zero attached hydrogens (tertiary/aromatic N) is 1. The van der Waals surface area contributed by atoms with Crippen molar-refractivity contribution >= 4 is 11.9 Å². The van der Waals surface area contributed by atoms with E-state index in [0.717, 1.165) is 0 Å². The van der Waals surface area contributed by atoms with Crippen molar-refractivity contribution < 1.29 is 24.2 Å². The van der Waals surface area contributed by atoms with E-state index in [0.29, 0.717) is 31.2 Å². The smallest absolute Gasteiger partial charge is 0.303 e. The molecule has 1 fully saturated rings. The second kappa shape index (κ2) is 6.97. The Labute approximate surface area is 123 Å². The second-order valence-electron chi connectivity index (χ2n) is 4.93. The van der Waals surface area contributed by atoms with E-state index < -0.39 is 5.97 Å². The van der Waals surface area contributed by atoms with Gasteiger partial charge in [0, 0.05) is 19.0 Å². The van der Waals surface area contributed by atoms with Crippen LogP contribution in [0.5, 0.6) is 11.5 Å². The summed E-state index contributed by atoms with van der Waals surface area (Å²) in [5.41, 5.74) is 0. The molecule has 0 bridgehead atoms. The molecule has 1 aromatic carbocycles. The third-order valence-electron chi connectivity index (χ3n) is 3.27. The Bertz CT molecular complexity index is 511. The third kappa shape index (κ3) is 4.11. The number of para-hydroxylation sites is 2. The van der Waals surface area contributed by atoms with E-state index in [4.69, 9.17) is 14.6 Å². The molecular formula is C15H19NO5. The normalized spacial score (nSPS) is 14.4. The quantitative estimate of drug-likeness (QED) is 0.822. The fraction of sp³-hybridized carbons (Fsp3) is 0.467. The lowest BCUT2D eigenvalue weighted by molar-refractivity contribution is -0.146. The van der Waals surface area contributed by atoms with Crippen LogP contribution in [0.3, 0.4) is 0 Å². The van der Waals surface area contributed by atoms with Gasteiger partial charge in [-0.25, -0.2) is 0 Å². The average Bonchev–Trinajstić information content (AvgIpc) is 2.41. The lowest BCUT2D eigenvalue weighted by atomic mass is 9.96. The van der Waals surface area contributed by atoms with Crippen LogP contribution < -0.4 is 9.47 Å². The predicted molar refractivity (Wildman–Crippen MR) is 75.4 cm³/mol. The Hall–Kier alpha value is -2.24. The molecule has 1 amide bonds. The molecule has 0 unspecified atom stereocenters. The van der Waals surface area contributed by atoms with Crippen LogP contribution in [0.1, 0.15) is 13.3 Å². The molecule has 1 saturated heterocycles. The number of benzene rings is 1. The van der Waals surface area contributed by atoms with Gasteiger partial charge in [-0.2, -0.15) is 0 Å². The first-order chi connectivity index (χ1) is 10.1. The minimum Gasteiger partial charge on any atom is -0.490 e. The standard InChI is InChI=1S/C15H19NO5/c1-2-20-12-5-3-4-6-13(12)21-10-14(17)16-8-11(9-16)7-15(18)19/h3-6,11H,2,7-10H2,1H3,(H,18,19). The molecule has 1 aliphatic heterocycles. The molecule has 2 rings (SSSR count). The number of hydrogen-bond acceptors (Lipinski definition) is 4. The highest BCUT2D eigenvalue weighted by Gasteiger charge is 2.32. The van der Waals surface area contributed by atoms with Gasteiger partial charge in [-0.3, -0.25) is 9.59 Å². The number of carboxylic acid groups (broad SMARTS) is 1. The summed E-state index contributed by atoms with van der Waals surface area (Å²) in [7, 11) is 0. The maximum Gasteiger partial charge on any atom is 0.303 e. The zero-order valence-electron chi connectivity index (χ0n) is 11.9. The zero-order chi connectivity index (χ0) is 15.2. The number of likely N-dealkylation sites (tertiary alicyclic amines) is 1. The van der Waals surface area contributed by atoms with Crippen molar-refractivity contribution in [3.8, 4) is 11.5 Å². The number of rotatable bonds is 7. The van der Waals surface area contributed by atoms with Gasteiger partial charge in [0.25, 0.3) is 5.91 Å². The van der Waals surface area contributed by atoms with Crippen molar-refractivity contribution in [1.29, 1.82) is 0 Å². The molecule has 0 atom stereocenters. The Morgan fingerprint density at radius 1 is 1.24 bits per heavy atom. The van der Waals surface area contributed by atoms with Crippen molar-refractivity contribution in [3.63, 3.8) is 0 Å². The van der Waals surface area contributed by atoms with Crippen molar-refractivity contribution in [2.45, 2.75) is 13.3 Å². The molecule has 1 aromatic rings. The van der Waals surface area contributed by atoms with Crippen molar-refractivity contribution in [3.05, 3.63) is 24.3 Å². The van der Waals surface area contributed by atoms with Crippen molar-refractivity contribution in [2.24, 2.45) is 5.92 Å². The van der Waals surface area contributed by atoms with Gasteiger partial charge < -0.3 is 19.5 Å². The summed E-state index contributed by atoms with van der Waals surface area (Å²) < 4.78 is 10.9. The number of ether oxygens (including phenoxy) is 2. The minimum absolute atomic E-state index is 0.0576. The first-order valence-corrected chi connectivity index (χ1v) is 6.94. The molecule has 21 heavy (non-hydrogen) atoms. The molecule has 0 spiro atoms. The summed E-state index contributed by atoms with van der Waals surface area (Å²) in [6.45, 7) is 3.31. The number of carbonyl (C=O) groups is 2. The molecule has 1 aliphatic rings. The average molecular weight is 293 g/mol. The number of aliphatic carboxylic acids is 1. The van der Waals surface area contributed by atoms with Gasteiger partial charge in [0.05, 0.1) is 13.0 Å². The summed E-state index contributed by atoms with van der Waals surface area (Å²) in [5, 5.41) is 8.66. The van der Waals surface area contributed by atoms with Gasteiger partial charge in [0.2, 0.25) is 0 Å². The lowest BCUT2D eigenvalue weighted by Gasteiger charge is -2.38. The summed E-state index contributed by atoms with van der Waals surface area (Å²) in [5.74, 6) is 0.245. The molecule has 0 saturated carbocycles. The van der Waals surface area contributed by atoms with E-state index in [1.807, 2.05) is 19.1 Å².